The molecule has 14 rings (SSSR count). The second-order valence-corrected chi connectivity index (χ2v) is 18.1. The van der Waals surface area contributed by atoms with E-state index in [-0.39, 0.29) is 5.41 Å². The third kappa shape index (κ3) is 5.14. The lowest BCUT2D eigenvalue weighted by molar-refractivity contribution is 0.660. The number of hydrogen-bond acceptors (Lipinski definition) is 2. The average molecular weight is 829 g/mol. The van der Waals surface area contributed by atoms with E-state index in [9.17, 15) is 0 Å². The normalized spacial score (nSPS) is 13.2. The molecule has 0 bridgehead atoms. The summed E-state index contributed by atoms with van der Waals surface area (Å²) in [7, 11) is 0. The molecule has 1 aliphatic carbocycles. The molecule has 3 heterocycles. The molecule has 0 fully saturated rings. The van der Waals surface area contributed by atoms with Crippen molar-refractivity contribution in [3.63, 3.8) is 0 Å². The van der Waals surface area contributed by atoms with Gasteiger partial charge in [-0.05, 0) is 111 Å². The van der Waals surface area contributed by atoms with Gasteiger partial charge in [-0.3, -0.25) is 0 Å². The average Bonchev–Trinajstić information content (AvgIpc) is 3.94. The zero-order valence-corrected chi connectivity index (χ0v) is 35.9. The molecule has 0 unspecified atom stereocenters. The number of aromatic nitrogens is 4. The minimum Gasteiger partial charge on any atom is -0.309 e. The van der Waals surface area contributed by atoms with Crippen LogP contribution in [0.25, 0.3) is 121 Å². The van der Waals surface area contributed by atoms with E-state index in [4.69, 9.17) is 9.97 Å². The van der Waals surface area contributed by atoms with Crippen molar-refractivity contribution in [1.29, 1.82) is 0 Å². The fourth-order valence-corrected chi connectivity index (χ4v) is 11.2. The first-order chi connectivity index (χ1) is 32.0. The van der Waals surface area contributed by atoms with Gasteiger partial charge in [0.1, 0.15) is 0 Å². The lowest BCUT2D eigenvalue weighted by Gasteiger charge is -2.21. The molecule has 0 saturated heterocycles. The molecule has 65 heavy (non-hydrogen) atoms. The smallest absolute Gasteiger partial charge is 0.160 e. The Morgan fingerprint density at radius 3 is 1.77 bits per heavy atom. The third-order valence-corrected chi connectivity index (χ3v) is 14.3. The van der Waals surface area contributed by atoms with Crippen LogP contribution < -0.4 is 0 Å². The molecule has 0 N–H and O–H groups in total. The van der Waals surface area contributed by atoms with Crippen molar-refractivity contribution < 1.29 is 0 Å². The second kappa shape index (κ2) is 13.3. The highest BCUT2D eigenvalue weighted by Crippen LogP contribution is 2.52. The van der Waals surface area contributed by atoms with E-state index in [1.54, 1.807) is 0 Å². The number of fused-ring (bicyclic) bond motifs is 12. The molecule has 13 aromatic rings. The summed E-state index contributed by atoms with van der Waals surface area (Å²) in [5.41, 5.74) is 16.1. The molecule has 3 aromatic heterocycles. The fraction of sp³-hybridized carbons (Fsp3) is 0.0492. The standard InChI is InChI=1S/C61H40N4/c1-61(2)50-23-9-5-20-44(50)58-46(22-14-24-51(58)61)59-45-21-6-10-25-52(45)62-60(63-59)37-29-31-41(32-30-37)64-53-26-11-7-18-42(53)49-34-40-17-13-28-55(47(40)36-57(49)64)65-54-27-12-8-19-43(54)48-33-38-15-3-4-16-39(38)35-56(48)65/h3-36H,1-2H3. The van der Waals surface area contributed by atoms with Gasteiger partial charge in [-0.15, -0.1) is 0 Å². The summed E-state index contributed by atoms with van der Waals surface area (Å²) in [4.78, 5) is 10.6. The summed E-state index contributed by atoms with van der Waals surface area (Å²) >= 11 is 0. The Morgan fingerprint density at radius 1 is 0.385 bits per heavy atom. The van der Waals surface area contributed by atoms with Crippen LogP contribution in [0.3, 0.4) is 0 Å². The number of hydrogen-bond donors (Lipinski definition) is 0. The minimum absolute atomic E-state index is 0.107. The SMILES string of the molecule is CC1(C)c2ccccc2-c2c(-c3nc(-c4ccc(-n5c6ccccc6c6cc7cccc(-n8c9ccccc9c9cc%10ccccc%10cc98)c7cc65)cc4)nc4ccccc34)cccc21. The van der Waals surface area contributed by atoms with Crippen LogP contribution in [0.4, 0.5) is 0 Å². The Bertz CT molecular complexity index is 4150. The van der Waals surface area contributed by atoms with E-state index in [0.717, 1.165) is 38.9 Å². The van der Waals surface area contributed by atoms with E-state index < -0.39 is 0 Å². The van der Waals surface area contributed by atoms with E-state index in [1.807, 2.05) is 0 Å². The Kier molecular flexibility index (Phi) is 7.42. The Morgan fingerprint density at radius 2 is 0.969 bits per heavy atom. The van der Waals surface area contributed by atoms with Crippen LogP contribution in [-0.4, -0.2) is 19.1 Å². The first kappa shape index (κ1) is 36.2. The van der Waals surface area contributed by atoms with Crippen LogP contribution >= 0.6 is 0 Å². The van der Waals surface area contributed by atoms with Gasteiger partial charge in [0.05, 0.1) is 39.0 Å². The van der Waals surface area contributed by atoms with Crippen molar-refractivity contribution in [2.75, 3.05) is 0 Å². The summed E-state index contributed by atoms with van der Waals surface area (Å²) in [5.74, 6) is 0.713. The van der Waals surface area contributed by atoms with Gasteiger partial charge < -0.3 is 9.13 Å². The highest BCUT2D eigenvalue weighted by Gasteiger charge is 2.37. The molecule has 0 amide bonds. The summed E-state index contributed by atoms with van der Waals surface area (Å²) < 4.78 is 4.89. The van der Waals surface area contributed by atoms with E-state index in [0.29, 0.717) is 5.82 Å². The largest absolute Gasteiger partial charge is 0.309 e. The Labute approximate surface area is 375 Å². The predicted octanol–water partition coefficient (Wildman–Crippen LogP) is 15.8. The lowest BCUT2D eigenvalue weighted by Crippen LogP contribution is -2.14. The van der Waals surface area contributed by atoms with Gasteiger partial charge in [0.2, 0.25) is 0 Å². The molecule has 1 aliphatic rings. The molecular weight excluding hydrogens is 789 g/mol. The summed E-state index contributed by atoms with van der Waals surface area (Å²) in [6.07, 6.45) is 0. The number of benzene rings is 10. The van der Waals surface area contributed by atoms with Gasteiger partial charge in [0.25, 0.3) is 0 Å². The topological polar surface area (TPSA) is 35.6 Å². The minimum atomic E-state index is -0.107. The molecule has 304 valence electrons. The van der Waals surface area contributed by atoms with Crippen LogP contribution in [0.5, 0.6) is 0 Å². The zero-order valence-electron chi connectivity index (χ0n) is 35.9. The quantitative estimate of drug-likeness (QED) is 0.177. The van der Waals surface area contributed by atoms with Gasteiger partial charge in [-0.25, -0.2) is 9.97 Å². The third-order valence-electron chi connectivity index (χ3n) is 14.3. The van der Waals surface area contributed by atoms with Gasteiger partial charge in [-0.2, -0.15) is 0 Å². The van der Waals surface area contributed by atoms with Crippen molar-refractivity contribution >= 4 is 76.1 Å². The van der Waals surface area contributed by atoms with Crippen LogP contribution in [0.1, 0.15) is 25.0 Å². The van der Waals surface area contributed by atoms with Gasteiger partial charge in [0, 0.05) is 54.5 Å². The van der Waals surface area contributed by atoms with Gasteiger partial charge in [-0.1, -0.05) is 147 Å². The molecule has 0 saturated carbocycles. The maximum Gasteiger partial charge on any atom is 0.160 e. The summed E-state index contributed by atoms with van der Waals surface area (Å²) in [6, 6.07) is 75.3. The van der Waals surface area contributed by atoms with Crippen LogP contribution in [0.15, 0.2) is 206 Å². The van der Waals surface area contributed by atoms with E-state index in [2.05, 4.69) is 229 Å². The van der Waals surface area contributed by atoms with Crippen LogP contribution in [0, 0.1) is 0 Å². The molecule has 0 radical (unpaired) electrons. The van der Waals surface area contributed by atoms with Crippen molar-refractivity contribution in [3.05, 3.63) is 217 Å². The van der Waals surface area contributed by atoms with Crippen LogP contribution in [0.2, 0.25) is 0 Å². The van der Waals surface area contributed by atoms with Crippen molar-refractivity contribution in [2.24, 2.45) is 0 Å². The predicted molar refractivity (Wildman–Crippen MR) is 272 cm³/mol. The molecule has 0 aliphatic heterocycles. The van der Waals surface area contributed by atoms with Crippen molar-refractivity contribution in [1.82, 2.24) is 19.1 Å². The first-order valence-corrected chi connectivity index (χ1v) is 22.5. The maximum absolute atomic E-state index is 5.44. The fourth-order valence-electron chi connectivity index (χ4n) is 11.2. The second-order valence-electron chi connectivity index (χ2n) is 18.1. The van der Waals surface area contributed by atoms with E-state index >= 15 is 0 Å². The zero-order chi connectivity index (χ0) is 43.0. The number of para-hydroxylation sites is 3. The van der Waals surface area contributed by atoms with Crippen LogP contribution in [-0.2, 0) is 5.41 Å². The van der Waals surface area contributed by atoms with Gasteiger partial charge >= 0.3 is 0 Å². The summed E-state index contributed by atoms with van der Waals surface area (Å²) in [5, 5.41) is 10.9. The summed E-state index contributed by atoms with van der Waals surface area (Å²) in [6.45, 7) is 4.66. The lowest BCUT2D eigenvalue weighted by atomic mass is 9.82. The Hall–Kier alpha value is -8.34. The first-order valence-electron chi connectivity index (χ1n) is 22.5. The maximum atomic E-state index is 5.44. The molecule has 0 atom stereocenters. The monoisotopic (exact) mass is 828 g/mol. The highest BCUT2D eigenvalue weighted by atomic mass is 15.0. The highest BCUT2D eigenvalue weighted by molar-refractivity contribution is 6.17. The number of rotatable bonds is 4. The molecule has 4 nitrogen and oxygen atoms in total. The van der Waals surface area contributed by atoms with Crippen molar-refractivity contribution in [3.8, 4) is 45.1 Å². The van der Waals surface area contributed by atoms with Crippen molar-refractivity contribution in [2.45, 2.75) is 19.3 Å². The molecular formula is C61H40N4. The van der Waals surface area contributed by atoms with E-state index in [1.165, 1.54) is 87.6 Å². The van der Waals surface area contributed by atoms with Gasteiger partial charge in [0.15, 0.2) is 5.82 Å². The molecule has 10 aromatic carbocycles. The Balaban J connectivity index is 0.947. The molecule has 4 heteroatoms. The number of nitrogens with zero attached hydrogens (tertiary/aromatic N) is 4. The molecule has 0 spiro atoms.